The summed E-state index contributed by atoms with van der Waals surface area (Å²) < 4.78 is 0. The molecule has 0 unspecified atom stereocenters. The molecule has 1 aromatic carbocycles. The van der Waals surface area contributed by atoms with Crippen LogP contribution in [0.1, 0.15) is 23.2 Å². The normalized spacial score (nSPS) is 15.1. The molecule has 1 aliphatic heterocycles. The average molecular weight is 269 g/mol. The van der Waals surface area contributed by atoms with Gasteiger partial charge in [0.1, 0.15) is 0 Å². The fourth-order valence-corrected chi connectivity index (χ4v) is 2.52. The number of aromatic nitrogens is 1. The molecule has 4 nitrogen and oxygen atoms in total. The van der Waals surface area contributed by atoms with E-state index in [0.29, 0.717) is 12.1 Å². The van der Waals surface area contributed by atoms with Gasteiger partial charge in [-0.3, -0.25) is 4.79 Å². The van der Waals surface area contributed by atoms with Crippen LogP contribution in [-0.2, 0) is 0 Å². The van der Waals surface area contributed by atoms with E-state index in [1.807, 2.05) is 30.5 Å². The summed E-state index contributed by atoms with van der Waals surface area (Å²) in [6.07, 6.45) is 6.14. The molecule has 2 heterocycles. The number of hydrogen-bond acceptors (Lipinski definition) is 2. The van der Waals surface area contributed by atoms with E-state index in [2.05, 4.69) is 21.7 Å². The maximum atomic E-state index is 12.1. The molecule has 104 valence electrons. The molecule has 3 rings (SSSR count). The second kappa shape index (κ2) is 5.92. The van der Waals surface area contributed by atoms with Gasteiger partial charge in [0.05, 0.1) is 0 Å². The van der Waals surface area contributed by atoms with E-state index in [1.165, 1.54) is 5.57 Å². The Bertz CT molecular complexity index is 642. The minimum atomic E-state index is -0.00367. The number of amides is 1. The number of rotatable bonds is 4. The van der Waals surface area contributed by atoms with Gasteiger partial charge < -0.3 is 15.6 Å². The number of fused-ring (bicyclic) bond motifs is 1. The highest BCUT2D eigenvalue weighted by Gasteiger charge is 2.07. The van der Waals surface area contributed by atoms with E-state index >= 15 is 0 Å². The summed E-state index contributed by atoms with van der Waals surface area (Å²) in [5.41, 5.74) is 3.14. The molecule has 0 saturated heterocycles. The Hall–Kier alpha value is -2.07. The van der Waals surface area contributed by atoms with Crippen LogP contribution in [0, 0.1) is 0 Å². The largest absolute Gasteiger partial charge is 0.361 e. The van der Waals surface area contributed by atoms with E-state index in [1.54, 1.807) is 0 Å². The predicted octanol–water partition coefficient (Wildman–Crippen LogP) is 2.21. The van der Waals surface area contributed by atoms with Gasteiger partial charge in [-0.1, -0.05) is 17.7 Å². The first-order valence-corrected chi connectivity index (χ1v) is 7.07. The Labute approximate surface area is 118 Å². The first-order valence-electron chi connectivity index (χ1n) is 7.07. The standard InChI is InChI=1S/C16H19N3O/c20-16(19-9-5-12-3-7-17-8-4-12)14-2-1-13-6-10-18-15(13)11-14/h1-3,6,10-11,17-18H,4-5,7-9H2,(H,19,20). The number of nitrogens with one attached hydrogen (secondary N) is 3. The minimum absolute atomic E-state index is 0.00367. The molecule has 0 bridgehead atoms. The molecule has 4 heteroatoms. The number of carbonyl (C=O) groups excluding carboxylic acids is 1. The second-order valence-corrected chi connectivity index (χ2v) is 5.10. The van der Waals surface area contributed by atoms with Gasteiger partial charge in [-0.15, -0.1) is 0 Å². The Morgan fingerprint density at radius 1 is 1.30 bits per heavy atom. The molecule has 0 spiro atoms. The van der Waals surface area contributed by atoms with Crippen LogP contribution in [0.2, 0.25) is 0 Å². The van der Waals surface area contributed by atoms with Gasteiger partial charge in [0.15, 0.2) is 0 Å². The number of H-pyrrole nitrogens is 1. The van der Waals surface area contributed by atoms with Crippen molar-refractivity contribution in [3.63, 3.8) is 0 Å². The van der Waals surface area contributed by atoms with Crippen molar-refractivity contribution >= 4 is 16.8 Å². The van der Waals surface area contributed by atoms with Crippen LogP contribution in [-0.4, -0.2) is 30.5 Å². The number of carbonyl (C=O) groups is 1. The SMILES string of the molecule is O=C(NCCC1=CCNCC1)c1ccc2cc[nH]c2c1. The summed E-state index contributed by atoms with van der Waals surface area (Å²) in [5, 5.41) is 7.40. The molecule has 20 heavy (non-hydrogen) atoms. The van der Waals surface area contributed by atoms with Crippen LogP contribution in [0.4, 0.5) is 0 Å². The number of aromatic amines is 1. The molecular formula is C16H19N3O. The second-order valence-electron chi connectivity index (χ2n) is 5.10. The van der Waals surface area contributed by atoms with Crippen LogP contribution in [0.15, 0.2) is 42.1 Å². The van der Waals surface area contributed by atoms with Crippen molar-refractivity contribution in [3.8, 4) is 0 Å². The Balaban J connectivity index is 1.57. The van der Waals surface area contributed by atoms with E-state index in [-0.39, 0.29) is 5.91 Å². The van der Waals surface area contributed by atoms with Gasteiger partial charge in [0.2, 0.25) is 0 Å². The fourth-order valence-electron chi connectivity index (χ4n) is 2.52. The van der Waals surface area contributed by atoms with Gasteiger partial charge in [0, 0.05) is 30.4 Å². The van der Waals surface area contributed by atoms with Crippen molar-refractivity contribution in [2.45, 2.75) is 12.8 Å². The monoisotopic (exact) mass is 269 g/mol. The lowest BCUT2D eigenvalue weighted by atomic mass is 10.1. The molecule has 0 atom stereocenters. The maximum Gasteiger partial charge on any atom is 0.251 e. The van der Waals surface area contributed by atoms with Crippen molar-refractivity contribution in [2.24, 2.45) is 0 Å². The molecule has 0 saturated carbocycles. The van der Waals surface area contributed by atoms with Crippen LogP contribution in [0.3, 0.4) is 0 Å². The third kappa shape index (κ3) is 2.91. The highest BCUT2D eigenvalue weighted by atomic mass is 16.1. The van der Waals surface area contributed by atoms with Crippen LogP contribution in [0.25, 0.3) is 10.9 Å². The van der Waals surface area contributed by atoms with Crippen LogP contribution >= 0.6 is 0 Å². The van der Waals surface area contributed by atoms with Crippen LogP contribution < -0.4 is 10.6 Å². The van der Waals surface area contributed by atoms with Crippen molar-refractivity contribution in [1.82, 2.24) is 15.6 Å². The third-order valence-corrected chi connectivity index (χ3v) is 3.71. The molecule has 0 radical (unpaired) electrons. The summed E-state index contributed by atoms with van der Waals surface area (Å²) in [6.45, 7) is 2.70. The van der Waals surface area contributed by atoms with E-state index < -0.39 is 0 Å². The molecule has 1 aliphatic rings. The summed E-state index contributed by atoms with van der Waals surface area (Å²) in [6, 6.07) is 7.74. The summed E-state index contributed by atoms with van der Waals surface area (Å²) in [7, 11) is 0. The van der Waals surface area contributed by atoms with E-state index in [4.69, 9.17) is 0 Å². The van der Waals surface area contributed by atoms with E-state index in [0.717, 1.165) is 36.8 Å². The van der Waals surface area contributed by atoms with Crippen molar-refractivity contribution < 1.29 is 4.79 Å². The van der Waals surface area contributed by atoms with Gasteiger partial charge in [-0.25, -0.2) is 0 Å². The van der Waals surface area contributed by atoms with Gasteiger partial charge >= 0.3 is 0 Å². The number of hydrogen-bond donors (Lipinski definition) is 3. The third-order valence-electron chi connectivity index (χ3n) is 3.71. The Kier molecular flexibility index (Phi) is 3.83. The molecule has 2 aromatic rings. The molecular weight excluding hydrogens is 250 g/mol. The zero-order valence-electron chi connectivity index (χ0n) is 11.4. The van der Waals surface area contributed by atoms with Gasteiger partial charge in [-0.2, -0.15) is 0 Å². The van der Waals surface area contributed by atoms with Crippen LogP contribution in [0.5, 0.6) is 0 Å². The summed E-state index contributed by atoms with van der Waals surface area (Å²) >= 11 is 0. The average Bonchev–Trinajstić information content (AvgIpc) is 2.95. The molecule has 0 fully saturated rings. The maximum absolute atomic E-state index is 12.1. The van der Waals surface area contributed by atoms with Gasteiger partial charge in [-0.05, 0) is 43.0 Å². The lowest BCUT2D eigenvalue weighted by Crippen LogP contribution is -2.26. The lowest BCUT2D eigenvalue weighted by Gasteiger charge is -2.14. The number of benzene rings is 1. The summed E-state index contributed by atoms with van der Waals surface area (Å²) in [5.74, 6) is -0.00367. The van der Waals surface area contributed by atoms with E-state index in [9.17, 15) is 4.79 Å². The fraction of sp³-hybridized carbons (Fsp3) is 0.312. The molecule has 0 aliphatic carbocycles. The van der Waals surface area contributed by atoms with Crippen molar-refractivity contribution in [2.75, 3.05) is 19.6 Å². The predicted molar refractivity (Wildman–Crippen MR) is 80.8 cm³/mol. The zero-order valence-corrected chi connectivity index (χ0v) is 11.4. The first kappa shape index (κ1) is 12.9. The minimum Gasteiger partial charge on any atom is -0.361 e. The van der Waals surface area contributed by atoms with Gasteiger partial charge in [0.25, 0.3) is 5.91 Å². The molecule has 1 aromatic heterocycles. The summed E-state index contributed by atoms with van der Waals surface area (Å²) in [4.78, 5) is 15.2. The van der Waals surface area contributed by atoms with Crippen molar-refractivity contribution in [1.29, 1.82) is 0 Å². The highest BCUT2D eigenvalue weighted by Crippen LogP contribution is 2.14. The quantitative estimate of drug-likeness (QED) is 0.745. The van der Waals surface area contributed by atoms with Crippen molar-refractivity contribution in [3.05, 3.63) is 47.7 Å². The zero-order chi connectivity index (χ0) is 13.8. The Morgan fingerprint density at radius 2 is 2.25 bits per heavy atom. The molecule has 1 amide bonds. The Morgan fingerprint density at radius 3 is 3.10 bits per heavy atom. The first-order chi connectivity index (χ1) is 9.83. The smallest absolute Gasteiger partial charge is 0.251 e. The molecule has 3 N–H and O–H groups in total. The lowest BCUT2D eigenvalue weighted by molar-refractivity contribution is 0.0954. The highest BCUT2D eigenvalue weighted by molar-refractivity contribution is 5.97. The topological polar surface area (TPSA) is 56.9 Å².